The summed E-state index contributed by atoms with van der Waals surface area (Å²) in [5, 5.41) is 2.86. The predicted molar refractivity (Wildman–Crippen MR) is 87.0 cm³/mol. The molecular weight excluding hydrogens is 306 g/mol. The van der Waals surface area contributed by atoms with E-state index in [1.807, 2.05) is 38.1 Å². The summed E-state index contributed by atoms with van der Waals surface area (Å²) in [6.45, 7) is 4.50. The lowest BCUT2D eigenvalue weighted by molar-refractivity contribution is -0.113. The van der Waals surface area contributed by atoms with Gasteiger partial charge in [0.25, 0.3) is 0 Å². The van der Waals surface area contributed by atoms with Gasteiger partial charge in [-0.1, -0.05) is 0 Å². The molecule has 0 atom stereocenters. The molecular formula is C14H17N3O2S2. The van der Waals surface area contributed by atoms with Crippen LogP contribution in [-0.4, -0.2) is 27.0 Å². The first-order valence-corrected chi connectivity index (χ1v) is 8.46. The maximum atomic E-state index is 11.8. The molecule has 0 saturated heterocycles. The molecule has 0 aliphatic carbocycles. The van der Waals surface area contributed by atoms with Crippen molar-refractivity contribution in [2.75, 3.05) is 17.7 Å². The van der Waals surface area contributed by atoms with Crippen molar-refractivity contribution >= 4 is 35.1 Å². The van der Waals surface area contributed by atoms with Gasteiger partial charge in [-0.2, -0.15) is 8.75 Å². The second-order valence-electron chi connectivity index (χ2n) is 4.29. The summed E-state index contributed by atoms with van der Waals surface area (Å²) in [6.07, 6.45) is 0. The van der Waals surface area contributed by atoms with Crippen molar-refractivity contribution in [1.29, 1.82) is 0 Å². The number of thioether (sulfide) groups is 1. The van der Waals surface area contributed by atoms with E-state index in [9.17, 15) is 4.79 Å². The van der Waals surface area contributed by atoms with E-state index >= 15 is 0 Å². The fraction of sp³-hybridized carbons (Fsp3) is 0.357. The largest absolute Gasteiger partial charge is 0.494 e. The number of hydrogen-bond acceptors (Lipinski definition) is 6. The second-order valence-corrected chi connectivity index (χ2v) is 5.81. The van der Waals surface area contributed by atoms with E-state index in [1.165, 1.54) is 23.5 Å². The lowest BCUT2D eigenvalue weighted by Gasteiger charge is -2.07. The number of rotatable bonds is 7. The van der Waals surface area contributed by atoms with Gasteiger partial charge in [0.1, 0.15) is 5.75 Å². The highest BCUT2D eigenvalue weighted by Gasteiger charge is 2.06. The van der Waals surface area contributed by atoms with E-state index in [2.05, 4.69) is 14.1 Å². The van der Waals surface area contributed by atoms with Gasteiger partial charge >= 0.3 is 0 Å². The molecule has 0 radical (unpaired) electrons. The number of carbonyl (C=O) groups is 1. The lowest BCUT2D eigenvalue weighted by Crippen LogP contribution is -2.14. The summed E-state index contributed by atoms with van der Waals surface area (Å²) >= 11 is 2.74. The molecule has 0 aliphatic rings. The molecule has 2 aromatic rings. The van der Waals surface area contributed by atoms with Gasteiger partial charge < -0.3 is 10.1 Å². The fourth-order valence-corrected chi connectivity index (χ4v) is 3.09. The first-order chi connectivity index (χ1) is 10.2. The zero-order chi connectivity index (χ0) is 15.1. The molecule has 21 heavy (non-hydrogen) atoms. The molecule has 1 aromatic heterocycles. The summed E-state index contributed by atoms with van der Waals surface area (Å²) in [4.78, 5) is 11.8. The van der Waals surface area contributed by atoms with Gasteiger partial charge in [-0.25, -0.2) is 0 Å². The summed E-state index contributed by atoms with van der Waals surface area (Å²) in [6, 6.07) is 7.36. The van der Waals surface area contributed by atoms with Crippen LogP contribution < -0.4 is 10.1 Å². The van der Waals surface area contributed by atoms with Gasteiger partial charge in [-0.05, 0) is 38.1 Å². The number of nitrogens with zero attached hydrogens (tertiary/aromatic N) is 2. The van der Waals surface area contributed by atoms with Gasteiger partial charge in [-0.15, -0.1) is 11.8 Å². The topological polar surface area (TPSA) is 64.1 Å². The van der Waals surface area contributed by atoms with Crippen LogP contribution in [0.3, 0.4) is 0 Å². The highest BCUT2D eigenvalue weighted by molar-refractivity contribution is 7.99. The Labute approximate surface area is 132 Å². The minimum Gasteiger partial charge on any atom is -0.494 e. The van der Waals surface area contributed by atoms with E-state index in [0.29, 0.717) is 18.1 Å². The molecule has 0 saturated carbocycles. The average molecular weight is 323 g/mol. The molecule has 1 N–H and O–H groups in total. The zero-order valence-corrected chi connectivity index (χ0v) is 13.6. The number of anilines is 1. The molecule has 0 unspecified atom stereocenters. The Balaban J connectivity index is 1.75. The molecule has 0 fully saturated rings. The van der Waals surface area contributed by atoms with Crippen molar-refractivity contribution in [3.63, 3.8) is 0 Å². The van der Waals surface area contributed by atoms with Crippen LogP contribution in [0.1, 0.15) is 18.3 Å². The number of nitrogens with one attached hydrogen (secondary N) is 1. The standard InChI is InChI=1S/C14H17N3O2S2/c1-3-19-12-6-4-11(5-7-12)15-14(18)9-20-8-13-10(2)16-21-17-13/h4-7H,3,8-9H2,1-2H3,(H,15,18). The summed E-state index contributed by atoms with van der Waals surface area (Å²) in [5.41, 5.74) is 2.67. The number of ether oxygens (including phenoxy) is 1. The minimum atomic E-state index is -0.0231. The van der Waals surface area contributed by atoms with Crippen molar-refractivity contribution in [3.05, 3.63) is 35.7 Å². The van der Waals surface area contributed by atoms with E-state index in [1.54, 1.807) is 0 Å². The molecule has 112 valence electrons. The van der Waals surface area contributed by atoms with Gasteiger partial charge in [0.2, 0.25) is 5.91 Å². The number of hydrogen-bond donors (Lipinski definition) is 1. The van der Waals surface area contributed by atoms with Crippen LogP contribution >= 0.6 is 23.5 Å². The summed E-state index contributed by atoms with van der Waals surface area (Å²) in [7, 11) is 0. The van der Waals surface area contributed by atoms with Crippen LogP contribution in [0.4, 0.5) is 5.69 Å². The Morgan fingerprint density at radius 1 is 1.33 bits per heavy atom. The Bertz CT molecular complexity index is 584. The first kappa shape index (κ1) is 15.8. The maximum absolute atomic E-state index is 11.8. The minimum absolute atomic E-state index is 0.0231. The van der Waals surface area contributed by atoms with E-state index in [-0.39, 0.29) is 5.91 Å². The van der Waals surface area contributed by atoms with E-state index in [4.69, 9.17) is 4.74 Å². The highest BCUT2D eigenvalue weighted by Crippen LogP contribution is 2.17. The third-order valence-electron chi connectivity index (χ3n) is 2.67. The summed E-state index contributed by atoms with van der Waals surface area (Å²) < 4.78 is 13.7. The number of aryl methyl sites for hydroxylation is 1. The number of carbonyl (C=O) groups excluding carboxylic acids is 1. The molecule has 7 heteroatoms. The second kappa shape index (κ2) is 7.99. The highest BCUT2D eigenvalue weighted by atomic mass is 32.2. The van der Waals surface area contributed by atoms with Crippen LogP contribution in [0, 0.1) is 6.92 Å². The van der Waals surface area contributed by atoms with E-state index < -0.39 is 0 Å². The van der Waals surface area contributed by atoms with Gasteiger partial charge in [0, 0.05) is 11.4 Å². The van der Waals surface area contributed by atoms with Crippen LogP contribution in [0.25, 0.3) is 0 Å². The zero-order valence-electron chi connectivity index (χ0n) is 12.0. The Morgan fingerprint density at radius 3 is 2.71 bits per heavy atom. The lowest BCUT2D eigenvalue weighted by atomic mass is 10.3. The molecule has 1 heterocycles. The van der Waals surface area contributed by atoms with Crippen molar-refractivity contribution in [1.82, 2.24) is 8.75 Å². The van der Waals surface area contributed by atoms with Crippen LogP contribution in [0.5, 0.6) is 5.75 Å². The van der Waals surface area contributed by atoms with Crippen molar-refractivity contribution in [3.8, 4) is 5.75 Å². The molecule has 0 bridgehead atoms. The predicted octanol–water partition coefficient (Wildman–Crippen LogP) is 3.12. The molecule has 2 rings (SSSR count). The van der Waals surface area contributed by atoms with Crippen molar-refractivity contribution in [2.45, 2.75) is 19.6 Å². The van der Waals surface area contributed by atoms with Crippen molar-refractivity contribution < 1.29 is 9.53 Å². The van der Waals surface area contributed by atoms with Crippen LogP contribution in [-0.2, 0) is 10.5 Å². The first-order valence-electron chi connectivity index (χ1n) is 6.57. The quantitative estimate of drug-likeness (QED) is 0.848. The molecule has 1 amide bonds. The normalized spacial score (nSPS) is 10.4. The third-order valence-corrected chi connectivity index (χ3v) is 4.27. The summed E-state index contributed by atoms with van der Waals surface area (Å²) in [5.74, 6) is 1.88. The Kier molecular flexibility index (Phi) is 6.01. The third kappa shape index (κ3) is 5.02. The monoisotopic (exact) mass is 323 g/mol. The molecule has 0 aliphatic heterocycles. The van der Waals surface area contributed by atoms with Gasteiger partial charge in [-0.3, -0.25) is 4.79 Å². The van der Waals surface area contributed by atoms with Crippen molar-refractivity contribution in [2.24, 2.45) is 0 Å². The number of benzene rings is 1. The number of aromatic nitrogens is 2. The maximum Gasteiger partial charge on any atom is 0.234 e. The SMILES string of the molecule is CCOc1ccc(NC(=O)CSCc2nsnc2C)cc1. The van der Waals surface area contributed by atoms with Gasteiger partial charge in [0.15, 0.2) is 0 Å². The molecule has 0 spiro atoms. The van der Waals surface area contributed by atoms with Crippen LogP contribution in [0.15, 0.2) is 24.3 Å². The van der Waals surface area contributed by atoms with Gasteiger partial charge in [0.05, 0.1) is 35.5 Å². The smallest absolute Gasteiger partial charge is 0.234 e. The Morgan fingerprint density at radius 2 is 2.10 bits per heavy atom. The molecule has 1 aromatic carbocycles. The van der Waals surface area contributed by atoms with E-state index in [0.717, 1.165) is 22.8 Å². The van der Waals surface area contributed by atoms with Crippen LogP contribution in [0.2, 0.25) is 0 Å². The molecule has 5 nitrogen and oxygen atoms in total. The number of amides is 1. The Hall–Kier alpha value is -1.60. The fourth-order valence-electron chi connectivity index (χ4n) is 1.62. The average Bonchev–Trinajstić information content (AvgIpc) is 2.87.